The van der Waals surface area contributed by atoms with E-state index < -0.39 is 17.6 Å². The Labute approximate surface area is 92.9 Å². The molecule has 0 unspecified atom stereocenters. The van der Waals surface area contributed by atoms with Crippen molar-refractivity contribution in [1.82, 2.24) is 19.6 Å². The van der Waals surface area contributed by atoms with E-state index in [-0.39, 0.29) is 5.78 Å². The lowest BCUT2D eigenvalue weighted by molar-refractivity contribution is -0.144. The Hall–Kier alpha value is -1.70. The molecule has 0 atom stereocenters. The van der Waals surface area contributed by atoms with E-state index in [4.69, 9.17) is 0 Å². The van der Waals surface area contributed by atoms with Crippen LogP contribution in [0.3, 0.4) is 0 Å². The van der Waals surface area contributed by atoms with Gasteiger partial charge in [0.05, 0.1) is 5.60 Å². The van der Waals surface area contributed by atoms with Gasteiger partial charge in [0.15, 0.2) is 0 Å². The minimum atomic E-state index is -4.59. The van der Waals surface area contributed by atoms with E-state index in [0.29, 0.717) is 18.4 Å². The van der Waals surface area contributed by atoms with Crippen molar-refractivity contribution in [2.24, 2.45) is 0 Å². The van der Waals surface area contributed by atoms with Crippen LogP contribution in [-0.4, -0.2) is 24.7 Å². The minimum Gasteiger partial charge on any atom is -0.385 e. The van der Waals surface area contributed by atoms with Gasteiger partial charge in [-0.15, -0.1) is 5.10 Å². The number of aliphatic hydroxyl groups is 1. The second-order valence-electron chi connectivity index (χ2n) is 4.05. The molecule has 5 nitrogen and oxygen atoms in total. The highest BCUT2D eigenvalue weighted by atomic mass is 19.4. The van der Waals surface area contributed by atoms with E-state index in [2.05, 4.69) is 15.1 Å². The average molecular weight is 244 g/mol. The van der Waals surface area contributed by atoms with Gasteiger partial charge in [0.2, 0.25) is 0 Å². The summed E-state index contributed by atoms with van der Waals surface area (Å²) in [7, 11) is 0. The van der Waals surface area contributed by atoms with Crippen molar-refractivity contribution < 1.29 is 18.3 Å². The third-order valence-corrected chi connectivity index (χ3v) is 2.71. The Balaban J connectivity index is 2.11. The summed E-state index contributed by atoms with van der Waals surface area (Å²) in [5.74, 6) is -1.37. The number of nitrogens with zero attached hydrogens (tertiary/aromatic N) is 4. The fourth-order valence-corrected chi connectivity index (χ4v) is 1.55. The molecule has 0 aliphatic heterocycles. The fourth-order valence-electron chi connectivity index (χ4n) is 1.55. The highest BCUT2D eigenvalue weighted by Gasteiger charge is 2.43. The summed E-state index contributed by atoms with van der Waals surface area (Å²) >= 11 is 0. The predicted molar refractivity (Wildman–Crippen MR) is 48.9 cm³/mol. The number of alkyl halides is 3. The summed E-state index contributed by atoms with van der Waals surface area (Å²) in [5.41, 5.74) is -0.491. The molecular formula is C9H7F3N4O. The standard InChI is InChI=1S/C9H7F3N4O/c10-9(11,12)6-14-7-13-3-5(4-16(7)15-6)8(17)1-2-8/h3-4,17H,1-2H2. The maximum atomic E-state index is 12.4. The monoisotopic (exact) mass is 244 g/mol. The van der Waals surface area contributed by atoms with Gasteiger partial charge >= 0.3 is 6.18 Å². The van der Waals surface area contributed by atoms with Gasteiger partial charge in [0.25, 0.3) is 11.6 Å². The molecule has 1 N–H and O–H groups in total. The van der Waals surface area contributed by atoms with Crippen LogP contribution in [0.1, 0.15) is 24.2 Å². The van der Waals surface area contributed by atoms with Crippen LogP contribution in [0, 0.1) is 0 Å². The Morgan fingerprint density at radius 2 is 2.06 bits per heavy atom. The quantitative estimate of drug-likeness (QED) is 0.816. The number of halogens is 3. The molecule has 8 heteroatoms. The zero-order valence-electron chi connectivity index (χ0n) is 8.44. The molecule has 2 aromatic rings. The van der Waals surface area contributed by atoms with Crippen LogP contribution in [0.5, 0.6) is 0 Å². The highest BCUT2D eigenvalue weighted by molar-refractivity contribution is 5.32. The van der Waals surface area contributed by atoms with E-state index >= 15 is 0 Å². The molecular weight excluding hydrogens is 237 g/mol. The number of aromatic nitrogens is 4. The van der Waals surface area contributed by atoms with E-state index in [1.165, 1.54) is 12.4 Å². The molecule has 1 aliphatic rings. The van der Waals surface area contributed by atoms with Gasteiger partial charge in [-0.1, -0.05) is 0 Å². The van der Waals surface area contributed by atoms with Crippen molar-refractivity contribution in [1.29, 1.82) is 0 Å². The summed E-state index contributed by atoms with van der Waals surface area (Å²) in [6.45, 7) is 0. The largest absolute Gasteiger partial charge is 0.453 e. The van der Waals surface area contributed by atoms with Crippen molar-refractivity contribution in [2.45, 2.75) is 24.6 Å². The van der Waals surface area contributed by atoms with Gasteiger partial charge in [0, 0.05) is 18.0 Å². The third-order valence-electron chi connectivity index (χ3n) is 2.71. The molecule has 0 aromatic carbocycles. The van der Waals surface area contributed by atoms with Crippen LogP contribution >= 0.6 is 0 Å². The fraction of sp³-hybridized carbons (Fsp3) is 0.444. The molecule has 2 aromatic heterocycles. The zero-order valence-corrected chi connectivity index (χ0v) is 8.44. The summed E-state index contributed by atoms with van der Waals surface area (Å²) in [5, 5.41) is 13.1. The molecule has 1 saturated carbocycles. The van der Waals surface area contributed by atoms with E-state index in [9.17, 15) is 18.3 Å². The van der Waals surface area contributed by atoms with Crippen LogP contribution < -0.4 is 0 Å². The summed E-state index contributed by atoms with van der Waals surface area (Å²) in [6.07, 6.45) is -0.763. The summed E-state index contributed by atoms with van der Waals surface area (Å²) < 4.78 is 38.0. The lowest BCUT2D eigenvalue weighted by Crippen LogP contribution is -2.08. The summed E-state index contributed by atoms with van der Waals surface area (Å²) in [6, 6.07) is 0. The SMILES string of the molecule is OC1(c2cnc3nc(C(F)(F)F)nn3c2)CC1. The molecule has 0 spiro atoms. The molecule has 0 saturated heterocycles. The zero-order chi connectivity index (χ0) is 12.3. The Kier molecular flexibility index (Phi) is 1.81. The molecule has 3 rings (SSSR count). The number of hydrogen-bond acceptors (Lipinski definition) is 4. The van der Waals surface area contributed by atoms with Crippen molar-refractivity contribution in [3.63, 3.8) is 0 Å². The van der Waals surface area contributed by atoms with Crippen molar-refractivity contribution in [2.75, 3.05) is 0 Å². The van der Waals surface area contributed by atoms with E-state index in [1.807, 2.05) is 0 Å². The number of rotatable bonds is 1. The number of fused-ring (bicyclic) bond motifs is 1. The molecule has 1 fully saturated rings. The normalized spacial score (nSPS) is 18.6. The second kappa shape index (κ2) is 2.95. The van der Waals surface area contributed by atoms with Crippen LogP contribution in [-0.2, 0) is 11.8 Å². The van der Waals surface area contributed by atoms with Gasteiger partial charge in [-0.2, -0.15) is 18.2 Å². The molecule has 1 aliphatic carbocycles. The first kappa shape index (κ1) is 10.5. The van der Waals surface area contributed by atoms with Gasteiger partial charge in [-0.05, 0) is 12.8 Å². The van der Waals surface area contributed by atoms with E-state index in [1.54, 1.807) is 0 Å². The maximum absolute atomic E-state index is 12.4. The molecule has 2 heterocycles. The van der Waals surface area contributed by atoms with Crippen LogP contribution in [0.15, 0.2) is 12.4 Å². The van der Waals surface area contributed by atoms with Crippen LogP contribution in [0.4, 0.5) is 13.2 Å². The molecule has 0 bridgehead atoms. The summed E-state index contributed by atoms with van der Waals surface area (Å²) in [4.78, 5) is 7.01. The molecule has 90 valence electrons. The predicted octanol–water partition coefficient (Wildman–Crippen LogP) is 1.12. The Bertz CT molecular complexity index is 584. The first-order chi connectivity index (χ1) is 7.88. The van der Waals surface area contributed by atoms with Crippen molar-refractivity contribution >= 4 is 5.78 Å². The van der Waals surface area contributed by atoms with Gasteiger partial charge in [0.1, 0.15) is 0 Å². The smallest absolute Gasteiger partial charge is 0.385 e. The van der Waals surface area contributed by atoms with Gasteiger partial charge < -0.3 is 5.11 Å². The average Bonchev–Trinajstić information content (AvgIpc) is 2.85. The van der Waals surface area contributed by atoms with Gasteiger partial charge in [-0.3, -0.25) is 0 Å². The highest BCUT2D eigenvalue weighted by Crippen LogP contribution is 2.44. The van der Waals surface area contributed by atoms with E-state index in [0.717, 1.165) is 4.52 Å². The molecule has 0 amide bonds. The number of hydrogen-bond donors (Lipinski definition) is 1. The lowest BCUT2D eigenvalue weighted by atomic mass is 10.2. The van der Waals surface area contributed by atoms with Crippen molar-refractivity contribution in [3.05, 3.63) is 23.8 Å². The lowest BCUT2D eigenvalue weighted by Gasteiger charge is -2.05. The third kappa shape index (κ3) is 1.64. The van der Waals surface area contributed by atoms with Crippen molar-refractivity contribution in [3.8, 4) is 0 Å². The first-order valence-electron chi connectivity index (χ1n) is 4.91. The Morgan fingerprint density at radius 3 is 2.65 bits per heavy atom. The van der Waals surface area contributed by atoms with Crippen LogP contribution in [0.2, 0.25) is 0 Å². The van der Waals surface area contributed by atoms with Gasteiger partial charge in [-0.25, -0.2) is 9.50 Å². The minimum absolute atomic E-state index is 0.134. The topological polar surface area (TPSA) is 63.3 Å². The Morgan fingerprint density at radius 1 is 1.35 bits per heavy atom. The molecule has 17 heavy (non-hydrogen) atoms. The maximum Gasteiger partial charge on any atom is 0.453 e. The van der Waals surface area contributed by atoms with Crippen LogP contribution in [0.25, 0.3) is 5.78 Å². The first-order valence-corrected chi connectivity index (χ1v) is 4.91. The second-order valence-corrected chi connectivity index (χ2v) is 4.05. The molecule has 0 radical (unpaired) electrons.